The molecule has 1 aromatic rings. The highest BCUT2D eigenvalue weighted by Gasteiger charge is 2.28. The van der Waals surface area contributed by atoms with Crippen LogP contribution in [-0.2, 0) is 4.79 Å². The lowest BCUT2D eigenvalue weighted by atomic mass is 10.0. The van der Waals surface area contributed by atoms with Gasteiger partial charge in [0.05, 0.1) is 18.4 Å². The summed E-state index contributed by atoms with van der Waals surface area (Å²) < 4.78 is 0. The van der Waals surface area contributed by atoms with Gasteiger partial charge in [-0.3, -0.25) is 19.5 Å². The third-order valence-electron chi connectivity index (χ3n) is 5.14. The van der Waals surface area contributed by atoms with E-state index >= 15 is 0 Å². The van der Waals surface area contributed by atoms with Crippen LogP contribution in [0.1, 0.15) is 42.4 Å². The number of hydrogen-bond donors (Lipinski definition) is 0. The largest absolute Gasteiger partial charge is 0.339 e. The van der Waals surface area contributed by atoms with Gasteiger partial charge < -0.3 is 9.80 Å². The molecule has 2 aliphatic heterocycles. The van der Waals surface area contributed by atoms with E-state index in [-0.39, 0.29) is 11.8 Å². The Hall–Kier alpha value is -2.02. The quantitative estimate of drug-likeness (QED) is 0.816. The lowest BCUT2D eigenvalue weighted by Crippen LogP contribution is -2.53. The van der Waals surface area contributed by atoms with E-state index in [4.69, 9.17) is 0 Å². The fourth-order valence-electron chi connectivity index (χ4n) is 3.52. The maximum absolute atomic E-state index is 12.5. The van der Waals surface area contributed by atoms with Crippen molar-refractivity contribution in [1.82, 2.24) is 24.7 Å². The molecule has 0 bridgehead atoms. The van der Waals surface area contributed by atoms with Crippen molar-refractivity contribution < 1.29 is 9.59 Å². The molecule has 0 saturated carbocycles. The summed E-state index contributed by atoms with van der Waals surface area (Å²) >= 11 is 0. The standard InChI is InChI=1S/C18H27N5O2/c1-14-11-20-16(12-19-14)18(25)22-9-7-21(8-10-22)13-17(24)23-6-4-3-5-15(23)2/h11-12,15H,3-10,13H2,1-2H3. The molecule has 25 heavy (non-hydrogen) atoms. The zero-order valence-corrected chi connectivity index (χ0v) is 15.1. The zero-order chi connectivity index (χ0) is 17.8. The molecule has 0 aliphatic carbocycles. The smallest absolute Gasteiger partial charge is 0.274 e. The highest BCUT2D eigenvalue weighted by molar-refractivity contribution is 5.92. The van der Waals surface area contributed by atoms with Gasteiger partial charge >= 0.3 is 0 Å². The number of carbonyl (C=O) groups excluding carboxylic acids is 2. The summed E-state index contributed by atoms with van der Waals surface area (Å²) in [6.07, 6.45) is 6.57. The monoisotopic (exact) mass is 345 g/mol. The number of amides is 2. The van der Waals surface area contributed by atoms with Gasteiger partial charge in [-0.1, -0.05) is 0 Å². The molecule has 1 aromatic heterocycles. The molecule has 0 N–H and O–H groups in total. The third kappa shape index (κ3) is 4.34. The van der Waals surface area contributed by atoms with Crippen LogP contribution in [0.2, 0.25) is 0 Å². The maximum atomic E-state index is 12.5. The van der Waals surface area contributed by atoms with Crippen molar-refractivity contribution in [2.24, 2.45) is 0 Å². The van der Waals surface area contributed by atoms with E-state index < -0.39 is 0 Å². The Morgan fingerprint density at radius 1 is 1.08 bits per heavy atom. The zero-order valence-electron chi connectivity index (χ0n) is 15.1. The van der Waals surface area contributed by atoms with E-state index in [1.807, 2.05) is 11.8 Å². The van der Waals surface area contributed by atoms with Crippen LogP contribution in [0, 0.1) is 6.92 Å². The summed E-state index contributed by atoms with van der Waals surface area (Å²) in [5.41, 5.74) is 1.18. The first-order valence-corrected chi connectivity index (χ1v) is 9.14. The minimum absolute atomic E-state index is 0.0804. The Balaban J connectivity index is 1.49. The Bertz CT molecular complexity index is 610. The van der Waals surface area contributed by atoms with Crippen molar-refractivity contribution in [2.75, 3.05) is 39.3 Å². The number of aromatic nitrogens is 2. The van der Waals surface area contributed by atoms with Gasteiger partial charge in [-0.25, -0.2) is 4.98 Å². The molecule has 0 aromatic carbocycles. The normalized spacial score (nSPS) is 22.1. The van der Waals surface area contributed by atoms with Crippen LogP contribution >= 0.6 is 0 Å². The minimum Gasteiger partial charge on any atom is -0.339 e. The highest BCUT2D eigenvalue weighted by atomic mass is 16.2. The Morgan fingerprint density at radius 2 is 1.84 bits per heavy atom. The second-order valence-corrected chi connectivity index (χ2v) is 7.04. The molecule has 3 rings (SSSR count). The van der Waals surface area contributed by atoms with Gasteiger partial charge in [0, 0.05) is 45.0 Å². The van der Waals surface area contributed by atoms with Crippen LogP contribution in [-0.4, -0.2) is 81.8 Å². The third-order valence-corrected chi connectivity index (χ3v) is 5.14. The summed E-state index contributed by atoms with van der Waals surface area (Å²) in [5.74, 6) is 0.138. The molecule has 2 aliphatic rings. The van der Waals surface area contributed by atoms with Crippen molar-refractivity contribution in [3.05, 3.63) is 23.8 Å². The fourth-order valence-corrected chi connectivity index (χ4v) is 3.52. The molecular formula is C18H27N5O2. The van der Waals surface area contributed by atoms with Crippen molar-refractivity contribution in [2.45, 2.75) is 39.2 Å². The number of aryl methyl sites for hydroxylation is 1. The van der Waals surface area contributed by atoms with Crippen LogP contribution < -0.4 is 0 Å². The minimum atomic E-state index is -0.0804. The lowest BCUT2D eigenvalue weighted by Gasteiger charge is -2.38. The summed E-state index contributed by atoms with van der Waals surface area (Å²) in [5, 5.41) is 0. The average Bonchev–Trinajstić information content (AvgIpc) is 2.63. The predicted octanol–water partition coefficient (Wildman–Crippen LogP) is 0.944. The molecule has 1 unspecified atom stereocenters. The molecule has 0 spiro atoms. The second-order valence-electron chi connectivity index (χ2n) is 7.04. The van der Waals surface area contributed by atoms with Crippen LogP contribution in [0.5, 0.6) is 0 Å². The summed E-state index contributed by atoms with van der Waals surface area (Å²) in [7, 11) is 0. The van der Waals surface area contributed by atoms with E-state index in [2.05, 4.69) is 21.8 Å². The number of likely N-dealkylation sites (tertiary alicyclic amines) is 1. The maximum Gasteiger partial charge on any atom is 0.274 e. The van der Waals surface area contributed by atoms with Crippen molar-refractivity contribution >= 4 is 11.8 Å². The van der Waals surface area contributed by atoms with E-state index in [9.17, 15) is 9.59 Å². The number of nitrogens with zero attached hydrogens (tertiary/aromatic N) is 5. The molecule has 7 nitrogen and oxygen atoms in total. The van der Waals surface area contributed by atoms with Crippen LogP contribution in [0.3, 0.4) is 0 Å². The fraction of sp³-hybridized carbons (Fsp3) is 0.667. The first kappa shape index (κ1) is 17.8. The van der Waals surface area contributed by atoms with Gasteiger partial charge in [0.1, 0.15) is 5.69 Å². The Kier molecular flexibility index (Phi) is 5.63. The molecule has 7 heteroatoms. The average molecular weight is 345 g/mol. The number of piperidine rings is 1. The lowest BCUT2D eigenvalue weighted by molar-refractivity contribution is -0.136. The first-order valence-electron chi connectivity index (χ1n) is 9.14. The SMILES string of the molecule is Cc1cnc(C(=O)N2CCN(CC(=O)N3CCCCC3C)CC2)cn1. The van der Waals surface area contributed by atoms with E-state index in [0.29, 0.717) is 31.4 Å². The molecule has 2 amide bonds. The number of hydrogen-bond acceptors (Lipinski definition) is 5. The topological polar surface area (TPSA) is 69.6 Å². The number of piperazine rings is 1. The molecule has 2 saturated heterocycles. The number of rotatable bonds is 3. The van der Waals surface area contributed by atoms with Crippen LogP contribution in [0.15, 0.2) is 12.4 Å². The van der Waals surface area contributed by atoms with E-state index in [1.165, 1.54) is 12.6 Å². The summed E-state index contributed by atoms with van der Waals surface area (Å²) in [4.78, 5) is 39.3. The number of carbonyl (C=O) groups is 2. The van der Waals surface area contributed by atoms with Crippen LogP contribution in [0.4, 0.5) is 0 Å². The van der Waals surface area contributed by atoms with Gasteiger partial charge in [0.25, 0.3) is 5.91 Å². The summed E-state index contributed by atoms with van der Waals surface area (Å²) in [6, 6.07) is 0.351. The van der Waals surface area contributed by atoms with Crippen molar-refractivity contribution in [3.63, 3.8) is 0 Å². The highest BCUT2D eigenvalue weighted by Crippen LogP contribution is 2.17. The van der Waals surface area contributed by atoms with Gasteiger partial charge in [0.15, 0.2) is 0 Å². The first-order chi connectivity index (χ1) is 12.0. The van der Waals surface area contributed by atoms with Gasteiger partial charge in [-0.2, -0.15) is 0 Å². The van der Waals surface area contributed by atoms with Gasteiger partial charge in [-0.15, -0.1) is 0 Å². The Labute approximate surface area is 149 Å². The molecule has 2 fully saturated rings. The molecule has 136 valence electrons. The molecule has 3 heterocycles. The summed E-state index contributed by atoms with van der Waals surface area (Å²) in [6.45, 7) is 8.00. The van der Waals surface area contributed by atoms with Gasteiger partial charge in [0.2, 0.25) is 5.91 Å². The predicted molar refractivity (Wildman–Crippen MR) is 94.1 cm³/mol. The second kappa shape index (κ2) is 7.91. The van der Waals surface area contributed by atoms with Crippen molar-refractivity contribution in [3.8, 4) is 0 Å². The molecule has 1 atom stereocenters. The molecule has 0 radical (unpaired) electrons. The molecular weight excluding hydrogens is 318 g/mol. The Morgan fingerprint density at radius 3 is 2.48 bits per heavy atom. The van der Waals surface area contributed by atoms with Crippen molar-refractivity contribution in [1.29, 1.82) is 0 Å². The van der Waals surface area contributed by atoms with E-state index in [0.717, 1.165) is 38.2 Å². The van der Waals surface area contributed by atoms with Gasteiger partial charge in [-0.05, 0) is 33.1 Å². The van der Waals surface area contributed by atoms with Crippen LogP contribution in [0.25, 0.3) is 0 Å². The van der Waals surface area contributed by atoms with E-state index in [1.54, 1.807) is 11.1 Å².